The van der Waals surface area contributed by atoms with Gasteiger partial charge >= 0.3 is 0 Å². The summed E-state index contributed by atoms with van der Waals surface area (Å²) >= 11 is 0. The van der Waals surface area contributed by atoms with Crippen LogP contribution in [0.3, 0.4) is 0 Å². The van der Waals surface area contributed by atoms with Crippen LogP contribution in [-0.4, -0.2) is 35.1 Å². The summed E-state index contributed by atoms with van der Waals surface area (Å²) in [5, 5.41) is 9.50. The normalized spacial score (nSPS) is 18.7. The van der Waals surface area contributed by atoms with E-state index in [1.54, 1.807) is 24.0 Å². The molecule has 0 saturated carbocycles. The van der Waals surface area contributed by atoms with Gasteiger partial charge in [0.15, 0.2) is 0 Å². The molecule has 1 heterocycles. The summed E-state index contributed by atoms with van der Waals surface area (Å²) in [6.07, 6.45) is 1.29. The molecule has 0 bridgehead atoms. The summed E-state index contributed by atoms with van der Waals surface area (Å²) in [7, 11) is 0. The summed E-state index contributed by atoms with van der Waals surface area (Å²) in [5.74, 6) is -0.250. The first-order valence-electron chi connectivity index (χ1n) is 6.31. The third-order valence-corrected chi connectivity index (χ3v) is 3.58. The third kappa shape index (κ3) is 2.88. The van der Waals surface area contributed by atoms with Gasteiger partial charge in [0.05, 0.1) is 6.10 Å². The second-order valence-electron chi connectivity index (χ2n) is 4.88. The van der Waals surface area contributed by atoms with Crippen molar-refractivity contribution in [2.75, 3.05) is 13.1 Å². The lowest BCUT2D eigenvalue weighted by Gasteiger charge is -2.33. The largest absolute Gasteiger partial charge is 0.393 e. The Morgan fingerprint density at radius 1 is 1.44 bits per heavy atom. The molecule has 4 heteroatoms. The number of carbonyl (C=O) groups is 1. The lowest BCUT2D eigenvalue weighted by molar-refractivity contribution is 0.0521. The Labute approximate surface area is 106 Å². The maximum Gasteiger partial charge on any atom is 0.253 e. The molecule has 1 aromatic rings. The van der Waals surface area contributed by atoms with E-state index in [9.17, 15) is 14.3 Å². The number of carbonyl (C=O) groups excluding carboxylic acids is 1. The van der Waals surface area contributed by atoms with E-state index < -0.39 is 0 Å². The van der Waals surface area contributed by atoms with Crippen LogP contribution in [0.25, 0.3) is 0 Å². The van der Waals surface area contributed by atoms with Crippen molar-refractivity contribution in [3.05, 3.63) is 35.6 Å². The van der Waals surface area contributed by atoms with E-state index in [1.165, 1.54) is 12.1 Å². The predicted molar refractivity (Wildman–Crippen MR) is 66.7 cm³/mol. The molecule has 0 spiro atoms. The average Bonchev–Trinajstić information content (AvgIpc) is 2.38. The molecule has 1 aromatic carbocycles. The van der Waals surface area contributed by atoms with Crippen LogP contribution in [0, 0.1) is 11.7 Å². The smallest absolute Gasteiger partial charge is 0.253 e. The molecule has 3 nitrogen and oxygen atoms in total. The van der Waals surface area contributed by atoms with Crippen LogP contribution >= 0.6 is 0 Å². The zero-order chi connectivity index (χ0) is 13.1. The van der Waals surface area contributed by atoms with Crippen LogP contribution in [0.15, 0.2) is 24.3 Å². The number of likely N-dealkylation sites (tertiary alicyclic amines) is 1. The predicted octanol–water partition coefficient (Wildman–Crippen LogP) is 2.06. The highest BCUT2D eigenvalue weighted by atomic mass is 19.1. The number of aliphatic hydroxyl groups excluding tert-OH is 1. The van der Waals surface area contributed by atoms with Crippen LogP contribution in [0.2, 0.25) is 0 Å². The van der Waals surface area contributed by atoms with Crippen LogP contribution in [0.1, 0.15) is 30.1 Å². The van der Waals surface area contributed by atoms with Crippen molar-refractivity contribution in [2.24, 2.45) is 5.92 Å². The SMILES string of the molecule is CC(O)C1CCN(C(=O)c2cccc(F)c2)CC1. The van der Waals surface area contributed by atoms with Gasteiger partial charge in [-0.05, 0) is 43.9 Å². The number of benzene rings is 1. The van der Waals surface area contributed by atoms with Gasteiger partial charge in [-0.1, -0.05) is 6.07 Å². The fourth-order valence-electron chi connectivity index (χ4n) is 2.39. The summed E-state index contributed by atoms with van der Waals surface area (Å²) in [5.41, 5.74) is 0.394. The van der Waals surface area contributed by atoms with E-state index in [0.29, 0.717) is 18.7 Å². The van der Waals surface area contributed by atoms with Crippen LogP contribution in [0.4, 0.5) is 4.39 Å². The minimum absolute atomic E-state index is 0.126. The van der Waals surface area contributed by atoms with Gasteiger partial charge in [-0.25, -0.2) is 4.39 Å². The van der Waals surface area contributed by atoms with Gasteiger partial charge in [0.25, 0.3) is 5.91 Å². The summed E-state index contributed by atoms with van der Waals surface area (Å²) in [4.78, 5) is 13.9. The standard InChI is InChI=1S/C14H18FNO2/c1-10(17)11-5-7-16(8-6-11)14(18)12-3-2-4-13(15)9-12/h2-4,9-11,17H,5-8H2,1H3. The molecule has 0 aliphatic carbocycles. The Bertz CT molecular complexity index is 426. The maximum atomic E-state index is 13.1. The van der Waals surface area contributed by atoms with Crippen molar-refractivity contribution in [2.45, 2.75) is 25.9 Å². The highest BCUT2D eigenvalue weighted by Gasteiger charge is 2.25. The van der Waals surface area contributed by atoms with Gasteiger partial charge in [-0.3, -0.25) is 4.79 Å². The minimum Gasteiger partial charge on any atom is -0.393 e. The Kier molecular flexibility index (Phi) is 3.97. The molecular formula is C14H18FNO2. The Morgan fingerprint density at radius 2 is 2.11 bits per heavy atom. The van der Waals surface area contributed by atoms with Gasteiger partial charge in [-0.15, -0.1) is 0 Å². The van der Waals surface area contributed by atoms with Gasteiger partial charge in [0.1, 0.15) is 5.82 Å². The van der Waals surface area contributed by atoms with Crippen molar-refractivity contribution < 1.29 is 14.3 Å². The summed E-state index contributed by atoms with van der Waals surface area (Å²) in [6, 6.07) is 5.77. The molecule has 0 aromatic heterocycles. The van der Waals surface area contributed by atoms with Crippen molar-refractivity contribution in [3.8, 4) is 0 Å². The van der Waals surface area contributed by atoms with Gasteiger partial charge < -0.3 is 10.0 Å². The van der Waals surface area contributed by atoms with Gasteiger partial charge in [0, 0.05) is 18.7 Å². The van der Waals surface area contributed by atoms with Crippen molar-refractivity contribution >= 4 is 5.91 Å². The average molecular weight is 251 g/mol. The Hall–Kier alpha value is -1.42. The molecular weight excluding hydrogens is 233 g/mol. The fourth-order valence-corrected chi connectivity index (χ4v) is 2.39. The maximum absolute atomic E-state index is 13.1. The molecule has 1 saturated heterocycles. The molecule has 1 N–H and O–H groups in total. The van der Waals surface area contributed by atoms with E-state index in [1.807, 2.05) is 0 Å². The molecule has 0 radical (unpaired) electrons. The van der Waals surface area contributed by atoms with Gasteiger partial charge in [0.2, 0.25) is 0 Å². The van der Waals surface area contributed by atoms with Crippen LogP contribution in [0.5, 0.6) is 0 Å². The lowest BCUT2D eigenvalue weighted by atomic mass is 9.92. The first kappa shape index (κ1) is 13.0. The highest BCUT2D eigenvalue weighted by Crippen LogP contribution is 2.21. The number of hydrogen-bond acceptors (Lipinski definition) is 2. The number of nitrogens with zero attached hydrogens (tertiary/aromatic N) is 1. The number of hydrogen-bond donors (Lipinski definition) is 1. The lowest BCUT2D eigenvalue weighted by Crippen LogP contribution is -2.40. The third-order valence-electron chi connectivity index (χ3n) is 3.58. The molecule has 1 aliphatic heterocycles. The second kappa shape index (κ2) is 5.48. The number of rotatable bonds is 2. The first-order chi connectivity index (χ1) is 8.58. The first-order valence-corrected chi connectivity index (χ1v) is 6.31. The van der Waals surface area contributed by atoms with E-state index in [2.05, 4.69) is 0 Å². The Morgan fingerprint density at radius 3 is 2.67 bits per heavy atom. The monoisotopic (exact) mass is 251 g/mol. The van der Waals surface area contributed by atoms with Gasteiger partial charge in [-0.2, -0.15) is 0 Å². The van der Waals surface area contributed by atoms with Crippen molar-refractivity contribution in [1.29, 1.82) is 0 Å². The highest BCUT2D eigenvalue weighted by molar-refractivity contribution is 5.94. The number of piperidine rings is 1. The van der Waals surface area contributed by atoms with Crippen LogP contribution in [-0.2, 0) is 0 Å². The van der Waals surface area contributed by atoms with E-state index >= 15 is 0 Å². The molecule has 1 amide bonds. The number of aliphatic hydroxyl groups is 1. The molecule has 18 heavy (non-hydrogen) atoms. The minimum atomic E-state index is -0.389. The number of halogens is 1. The van der Waals surface area contributed by atoms with E-state index in [4.69, 9.17) is 0 Å². The van der Waals surface area contributed by atoms with Crippen molar-refractivity contribution in [1.82, 2.24) is 4.90 Å². The molecule has 1 aliphatic rings. The second-order valence-corrected chi connectivity index (χ2v) is 4.88. The zero-order valence-corrected chi connectivity index (χ0v) is 10.5. The quantitative estimate of drug-likeness (QED) is 0.874. The zero-order valence-electron chi connectivity index (χ0n) is 10.5. The molecule has 1 atom stereocenters. The van der Waals surface area contributed by atoms with E-state index in [-0.39, 0.29) is 23.7 Å². The summed E-state index contributed by atoms with van der Waals surface area (Å²) in [6.45, 7) is 3.05. The number of amides is 1. The van der Waals surface area contributed by atoms with E-state index in [0.717, 1.165) is 12.8 Å². The Balaban J connectivity index is 1.99. The molecule has 1 unspecified atom stereocenters. The summed E-state index contributed by atoms with van der Waals surface area (Å²) < 4.78 is 13.1. The van der Waals surface area contributed by atoms with Crippen molar-refractivity contribution in [3.63, 3.8) is 0 Å². The van der Waals surface area contributed by atoms with Crippen LogP contribution < -0.4 is 0 Å². The molecule has 1 fully saturated rings. The molecule has 2 rings (SSSR count). The topological polar surface area (TPSA) is 40.5 Å². The fraction of sp³-hybridized carbons (Fsp3) is 0.500. The molecule has 98 valence electrons.